The Morgan fingerprint density at radius 3 is 2.33 bits per heavy atom. The summed E-state index contributed by atoms with van der Waals surface area (Å²) in [4.78, 5) is 26.1. The Kier molecular flexibility index (Phi) is 5.32. The monoisotopic (exact) mass is 255 g/mol. The van der Waals surface area contributed by atoms with Crippen molar-refractivity contribution in [1.82, 2.24) is 4.90 Å². The summed E-state index contributed by atoms with van der Waals surface area (Å²) in [7, 11) is 0. The lowest BCUT2D eigenvalue weighted by Crippen LogP contribution is -2.44. The van der Waals surface area contributed by atoms with Crippen molar-refractivity contribution in [2.45, 2.75) is 40.5 Å². The summed E-state index contributed by atoms with van der Waals surface area (Å²) in [5.41, 5.74) is -1.03. The van der Waals surface area contributed by atoms with Crippen molar-refractivity contribution in [3.63, 3.8) is 0 Å². The minimum Gasteiger partial charge on any atom is -0.465 e. The van der Waals surface area contributed by atoms with Crippen LogP contribution < -0.4 is 0 Å². The van der Waals surface area contributed by atoms with Crippen LogP contribution in [0.15, 0.2) is 0 Å². The maximum absolute atomic E-state index is 12.2. The van der Waals surface area contributed by atoms with Gasteiger partial charge in [-0.15, -0.1) is 0 Å². The normalized spacial score (nSPS) is 18.7. The van der Waals surface area contributed by atoms with E-state index in [-0.39, 0.29) is 5.78 Å². The predicted molar refractivity (Wildman–Crippen MR) is 70.3 cm³/mol. The fourth-order valence-corrected chi connectivity index (χ4v) is 2.05. The van der Waals surface area contributed by atoms with Gasteiger partial charge in [-0.1, -0.05) is 6.92 Å². The lowest BCUT2D eigenvalue weighted by molar-refractivity contribution is -0.158. The maximum Gasteiger partial charge on any atom is 0.319 e. The van der Waals surface area contributed by atoms with Gasteiger partial charge in [0.15, 0.2) is 5.78 Å². The van der Waals surface area contributed by atoms with Gasteiger partial charge in [-0.25, -0.2) is 0 Å². The molecule has 4 heteroatoms. The maximum atomic E-state index is 12.2. The van der Waals surface area contributed by atoms with Crippen molar-refractivity contribution in [2.75, 3.05) is 26.2 Å². The first-order chi connectivity index (χ1) is 8.37. The minimum atomic E-state index is -1.03. The zero-order valence-corrected chi connectivity index (χ0v) is 12.0. The van der Waals surface area contributed by atoms with Crippen molar-refractivity contribution in [3.05, 3.63) is 0 Å². The molecule has 104 valence electrons. The molecule has 1 heterocycles. The molecule has 1 aliphatic rings. The molecule has 1 aliphatic heterocycles. The third-order valence-corrected chi connectivity index (χ3v) is 3.73. The quantitative estimate of drug-likeness (QED) is 0.556. The Balaban J connectivity index is 2.51. The molecule has 0 radical (unpaired) electrons. The molecule has 0 saturated carbocycles. The Labute approximate surface area is 110 Å². The first-order valence-corrected chi connectivity index (χ1v) is 6.80. The fourth-order valence-electron chi connectivity index (χ4n) is 2.05. The molecule has 1 saturated heterocycles. The van der Waals surface area contributed by atoms with Gasteiger partial charge in [-0.2, -0.15) is 0 Å². The SMILES string of the molecule is CCOC(=O)C(C)(C)C(=O)CN1CCC(C)CC1. The van der Waals surface area contributed by atoms with Crippen molar-refractivity contribution in [1.29, 1.82) is 0 Å². The van der Waals surface area contributed by atoms with Crippen molar-refractivity contribution in [2.24, 2.45) is 11.3 Å². The molecule has 0 bridgehead atoms. The van der Waals surface area contributed by atoms with Gasteiger partial charge in [0.05, 0.1) is 13.2 Å². The number of nitrogens with zero attached hydrogens (tertiary/aromatic N) is 1. The average molecular weight is 255 g/mol. The Bertz CT molecular complexity index is 304. The Hall–Kier alpha value is -0.900. The second-order valence-corrected chi connectivity index (χ2v) is 5.73. The molecule has 0 aliphatic carbocycles. The van der Waals surface area contributed by atoms with Gasteiger partial charge in [0.1, 0.15) is 5.41 Å². The largest absolute Gasteiger partial charge is 0.465 e. The van der Waals surface area contributed by atoms with E-state index in [0.29, 0.717) is 13.2 Å². The molecule has 0 unspecified atom stereocenters. The topological polar surface area (TPSA) is 46.6 Å². The second kappa shape index (κ2) is 6.32. The van der Waals surface area contributed by atoms with Gasteiger partial charge in [-0.3, -0.25) is 14.5 Å². The van der Waals surface area contributed by atoms with Crippen LogP contribution in [0.5, 0.6) is 0 Å². The summed E-state index contributed by atoms with van der Waals surface area (Å²) in [6.07, 6.45) is 2.26. The van der Waals surface area contributed by atoms with Crippen LogP contribution in [0, 0.1) is 11.3 Å². The number of rotatable bonds is 5. The number of ketones is 1. The van der Waals surface area contributed by atoms with E-state index < -0.39 is 11.4 Å². The lowest BCUT2D eigenvalue weighted by Gasteiger charge is -2.31. The van der Waals surface area contributed by atoms with Crippen LogP contribution in [0.4, 0.5) is 0 Å². The molecule has 1 fully saturated rings. The van der Waals surface area contributed by atoms with E-state index in [0.717, 1.165) is 31.8 Å². The van der Waals surface area contributed by atoms with E-state index in [1.165, 1.54) is 0 Å². The molecule has 0 aromatic rings. The Morgan fingerprint density at radius 2 is 1.83 bits per heavy atom. The summed E-state index contributed by atoms with van der Waals surface area (Å²) in [6, 6.07) is 0. The molecule has 18 heavy (non-hydrogen) atoms. The summed E-state index contributed by atoms with van der Waals surface area (Å²) in [5, 5.41) is 0. The molecule has 0 amide bonds. The summed E-state index contributed by atoms with van der Waals surface area (Å²) in [5.74, 6) is 0.283. The molecular weight excluding hydrogens is 230 g/mol. The fraction of sp³-hybridized carbons (Fsp3) is 0.857. The summed E-state index contributed by atoms with van der Waals surface area (Å²) < 4.78 is 4.96. The zero-order chi connectivity index (χ0) is 13.8. The van der Waals surface area contributed by atoms with Crippen LogP contribution in [0.3, 0.4) is 0 Å². The first-order valence-electron chi connectivity index (χ1n) is 6.80. The average Bonchev–Trinajstić information content (AvgIpc) is 2.32. The van der Waals surface area contributed by atoms with Crippen molar-refractivity contribution < 1.29 is 14.3 Å². The van der Waals surface area contributed by atoms with Crippen LogP contribution in [-0.4, -0.2) is 42.9 Å². The van der Waals surface area contributed by atoms with Crippen LogP contribution in [0.25, 0.3) is 0 Å². The number of likely N-dealkylation sites (tertiary alicyclic amines) is 1. The van der Waals surface area contributed by atoms with Crippen LogP contribution in [0.1, 0.15) is 40.5 Å². The van der Waals surface area contributed by atoms with Gasteiger partial charge in [0.2, 0.25) is 0 Å². The molecule has 0 spiro atoms. The number of carbonyl (C=O) groups is 2. The third-order valence-electron chi connectivity index (χ3n) is 3.73. The molecule has 0 aromatic carbocycles. The number of ether oxygens (including phenoxy) is 1. The van der Waals surface area contributed by atoms with Gasteiger partial charge >= 0.3 is 5.97 Å². The summed E-state index contributed by atoms with van der Waals surface area (Å²) >= 11 is 0. The molecule has 4 nitrogen and oxygen atoms in total. The molecule has 1 rings (SSSR count). The summed E-state index contributed by atoms with van der Waals surface area (Å²) in [6.45, 7) is 9.87. The van der Waals surface area contributed by atoms with E-state index in [1.807, 2.05) is 0 Å². The van der Waals surface area contributed by atoms with Gasteiger partial charge < -0.3 is 4.74 Å². The van der Waals surface area contributed by atoms with E-state index in [4.69, 9.17) is 4.74 Å². The number of hydrogen-bond donors (Lipinski definition) is 0. The first kappa shape index (κ1) is 15.2. The van der Waals surface area contributed by atoms with Crippen LogP contribution in [0.2, 0.25) is 0 Å². The van der Waals surface area contributed by atoms with E-state index in [1.54, 1.807) is 20.8 Å². The minimum absolute atomic E-state index is 0.0458. The van der Waals surface area contributed by atoms with E-state index in [2.05, 4.69) is 11.8 Å². The van der Waals surface area contributed by atoms with Gasteiger partial charge in [-0.05, 0) is 52.6 Å². The van der Waals surface area contributed by atoms with Crippen LogP contribution in [-0.2, 0) is 14.3 Å². The molecule has 0 atom stereocenters. The number of Topliss-reactive ketones (excluding diaryl/α,β-unsaturated/α-hetero) is 1. The van der Waals surface area contributed by atoms with E-state index in [9.17, 15) is 9.59 Å². The smallest absolute Gasteiger partial charge is 0.319 e. The molecule has 0 aromatic heterocycles. The lowest BCUT2D eigenvalue weighted by atomic mass is 9.87. The number of esters is 1. The number of hydrogen-bond acceptors (Lipinski definition) is 4. The second-order valence-electron chi connectivity index (χ2n) is 5.73. The highest BCUT2D eigenvalue weighted by molar-refractivity contribution is 6.03. The third kappa shape index (κ3) is 3.80. The molecule has 0 N–H and O–H groups in total. The van der Waals surface area contributed by atoms with E-state index >= 15 is 0 Å². The van der Waals surface area contributed by atoms with Crippen LogP contribution >= 0.6 is 0 Å². The Morgan fingerprint density at radius 1 is 1.28 bits per heavy atom. The van der Waals surface area contributed by atoms with Crippen molar-refractivity contribution in [3.8, 4) is 0 Å². The highest BCUT2D eigenvalue weighted by Crippen LogP contribution is 2.22. The standard InChI is InChI=1S/C14H25NO3/c1-5-18-13(17)14(3,4)12(16)10-15-8-6-11(2)7-9-15/h11H,5-10H2,1-4H3. The molecular formula is C14H25NO3. The van der Waals surface area contributed by atoms with Gasteiger partial charge in [0, 0.05) is 0 Å². The number of carbonyl (C=O) groups excluding carboxylic acids is 2. The highest BCUT2D eigenvalue weighted by Gasteiger charge is 2.38. The van der Waals surface area contributed by atoms with Crippen molar-refractivity contribution >= 4 is 11.8 Å². The van der Waals surface area contributed by atoms with Gasteiger partial charge in [0.25, 0.3) is 0 Å². The highest BCUT2D eigenvalue weighted by atomic mass is 16.5. The number of piperidine rings is 1. The zero-order valence-electron chi connectivity index (χ0n) is 12.0. The predicted octanol–water partition coefficient (Wildman–Crippen LogP) is 1.88.